The molecular weight excluding hydrogens is 328 g/mol. The van der Waals surface area contributed by atoms with E-state index < -0.39 is 0 Å². The van der Waals surface area contributed by atoms with Crippen LogP contribution in [0.5, 0.6) is 5.75 Å². The highest BCUT2D eigenvalue weighted by Gasteiger charge is 2.24. The lowest BCUT2D eigenvalue weighted by atomic mass is 9.95. The molecule has 1 aromatic carbocycles. The second-order valence-corrected chi connectivity index (χ2v) is 6.82. The normalized spacial score (nSPS) is 18.1. The van der Waals surface area contributed by atoms with E-state index in [1.165, 1.54) is 12.8 Å². The number of hydrogen-bond acceptors (Lipinski definition) is 3. The Kier molecular flexibility index (Phi) is 6.52. The van der Waals surface area contributed by atoms with Gasteiger partial charge in [0.05, 0.1) is 0 Å². The molecule has 118 valence electrons. The maximum Gasteiger partial charge on any atom is 0.120 e. The van der Waals surface area contributed by atoms with Crippen LogP contribution in [0.4, 0.5) is 0 Å². The average molecular weight is 355 g/mol. The first-order valence-electron chi connectivity index (χ1n) is 8.08. The molecule has 0 radical (unpaired) electrons. The summed E-state index contributed by atoms with van der Waals surface area (Å²) >= 11 is 3.53. The third kappa shape index (κ3) is 4.44. The van der Waals surface area contributed by atoms with Gasteiger partial charge >= 0.3 is 0 Å². The summed E-state index contributed by atoms with van der Waals surface area (Å²) in [5.74, 6) is 1.18. The molecule has 0 aromatic heterocycles. The van der Waals surface area contributed by atoms with Gasteiger partial charge in [0, 0.05) is 22.6 Å². The number of phenols is 1. The molecule has 4 heteroatoms. The van der Waals surface area contributed by atoms with Crippen LogP contribution >= 0.6 is 15.9 Å². The largest absolute Gasteiger partial charge is 0.508 e. The number of phenolic OH excluding ortho intramolecular Hbond substituents is 1. The van der Waals surface area contributed by atoms with Gasteiger partial charge in [-0.2, -0.15) is 0 Å². The summed E-state index contributed by atoms with van der Waals surface area (Å²) in [6.07, 6.45) is 3.54. The smallest absolute Gasteiger partial charge is 0.120 e. The number of halogens is 1. The molecule has 3 nitrogen and oxygen atoms in total. The molecule has 1 heterocycles. The van der Waals surface area contributed by atoms with Crippen LogP contribution in [0.15, 0.2) is 22.7 Å². The zero-order chi connectivity index (χ0) is 15.2. The van der Waals surface area contributed by atoms with Gasteiger partial charge in [-0.15, -0.1) is 0 Å². The van der Waals surface area contributed by atoms with E-state index in [4.69, 9.17) is 0 Å². The molecule has 1 aromatic rings. The number of rotatable bonds is 6. The van der Waals surface area contributed by atoms with Gasteiger partial charge in [-0.1, -0.05) is 29.8 Å². The van der Waals surface area contributed by atoms with Gasteiger partial charge in [0.25, 0.3) is 0 Å². The van der Waals surface area contributed by atoms with Crippen molar-refractivity contribution in [1.29, 1.82) is 0 Å². The fourth-order valence-corrected chi connectivity index (χ4v) is 3.72. The molecule has 0 bridgehead atoms. The van der Waals surface area contributed by atoms with E-state index in [0.29, 0.717) is 11.8 Å². The van der Waals surface area contributed by atoms with Crippen molar-refractivity contribution in [2.45, 2.75) is 39.2 Å². The van der Waals surface area contributed by atoms with Gasteiger partial charge in [-0.25, -0.2) is 0 Å². The van der Waals surface area contributed by atoms with E-state index in [1.54, 1.807) is 6.07 Å². The summed E-state index contributed by atoms with van der Waals surface area (Å²) < 4.78 is 1.03. The molecule has 1 fully saturated rings. The van der Waals surface area contributed by atoms with Gasteiger partial charge in [-0.3, -0.25) is 4.90 Å². The lowest BCUT2D eigenvalue weighted by Crippen LogP contribution is -2.38. The molecule has 1 saturated heterocycles. The second kappa shape index (κ2) is 8.16. The van der Waals surface area contributed by atoms with Crippen LogP contribution in [0.25, 0.3) is 0 Å². The van der Waals surface area contributed by atoms with Gasteiger partial charge in [0.1, 0.15) is 5.75 Å². The third-order valence-corrected chi connectivity index (χ3v) is 5.03. The Morgan fingerprint density at radius 1 is 1.33 bits per heavy atom. The summed E-state index contributed by atoms with van der Waals surface area (Å²) in [5.41, 5.74) is 1.04. The Balaban J connectivity index is 2.14. The summed E-state index contributed by atoms with van der Waals surface area (Å²) in [4.78, 5) is 2.53. The highest BCUT2D eigenvalue weighted by Crippen LogP contribution is 2.34. The molecular formula is C17H27BrN2O. The van der Waals surface area contributed by atoms with Crippen molar-refractivity contribution >= 4 is 15.9 Å². The third-order valence-electron chi connectivity index (χ3n) is 4.53. The first-order valence-corrected chi connectivity index (χ1v) is 8.88. The Morgan fingerprint density at radius 3 is 2.67 bits per heavy atom. The van der Waals surface area contributed by atoms with E-state index in [-0.39, 0.29) is 0 Å². The van der Waals surface area contributed by atoms with E-state index in [1.807, 2.05) is 6.07 Å². The number of aromatic hydroxyl groups is 1. The second-order valence-electron chi connectivity index (χ2n) is 5.91. The van der Waals surface area contributed by atoms with E-state index in [0.717, 1.165) is 48.6 Å². The van der Waals surface area contributed by atoms with Crippen LogP contribution in [-0.4, -0.2) is 36.2 Å². The first kappa shape index (κ1) is 16.8. The van der Waals surface area contributed by atoms with Crippen molar-refractivity contribution < 1.29 is 5.11 Å². The fourth-order valence-electron chi connectivity index (χ4n) is 3.34. The lowest BCUT2D eigenvalue weighted by molar-refractivity contribution is 0.153. The van der Waals surface area contributed by atoms with E-state index in [2.05, 4.69) is 46.1 Å². The summed E-state index contributed by atoms with van der Waals surface area (Å²) in [7, 11) is 0. The maximum atomic E-state index is 10.2. The van der Waals surface area contributed by atoms with Crippen LogP contribution in [-0.2, 0) is 0 Å². The van der Waals surface area contributed by atoms with Crippen molar-refractivity contribution in [3.8, 4) is 5.75 Å². The van der Waals surface area contributed by atoms with Crippen LogP contribution < -0.4 is 5.32 Å². The molecule has 2 rings (SSSR count). The lowest BCUT2D eigenvalue weighted by Gasteiger charge is -2.35. The van der Waals surface area contributed by atoms with Crippen LogP contribution in [0, 0.1) is 5.92 Å². The minimum Gasteiger partial charge on any atom is -0.508 e. The van der Waals surface area contributed by atoms with Crippen molar-refractivity contribution in [2.24, 2.45) is 5.92 Å². The average Bonchev–Trinajstić information content (AvgIpc) is 2.51. The van der Waals surface area contributed by atoms with Crippen LogP contribution in [0.1, 0.15) is 44.7 Å². The minimum absolute atomic E-state index is 0.294. The molecule has 0 saturated carbocycles. The molecule has 1 unspecified atom stereocenters. The number of benzene rings is 1. The van der Waals surface area contributed by atoms with Gasteiger partial charge in [0.15, 0.2) is 0 Å². The predicted octanol–water partition coefficient (Wildman–Crippen LogP) is 3.93. The van der Waals surface area contributed by atoms with Crippen LogP contribution in [0.3, 0.4) is 0 Å². The standard InChI is InChI=1S/C17H27BrN2O/c1-3-16(15-11-14(18)5-6-17(15)21)20(4-2)12-13-7-9-19-10-8-13/h5-6,11,13,16,19,21H,3-4,7-10,12H2,1-2H3. The monoisotopic (exact) mass is 354 g/mol. The number of piperidine rings is 1. The molecule has 1 aliphatic rings. The van der Waals surface area contributed by atoms with Crippen molar-refractivity contribution in [1.82, 2.24) is 10.2 Å². The van der Waals surface area contributed by atoms with Crippen molar-refractivity contribution in [3.63, 3.8) is 0 Å². The molecule has 0 aliphatic carbocycles. The Labute approximate surface area is 136 Å². The Hall–Kier alpha value is -0.580. The summed E-state index contributed by atoms with van der Waals surface area (Å²) in [6, 6.07) is 6.05. The Morgan fingerprint density at radius 2 is 2.05 bits per heavy atom. The summed E-state index contributed by atoms with van der Waals surface area (Å²) in [5, 5.41) is 13.7. The number of nitrogens with one attached hydrogen (secondary N) is 1. The number of hydrogen-bond donors (Lipinski definition) is 2. The molecule has 1 aliphatic heterocycles. The van der Waals surface area contributed by atoms with Gasteiger partial charge in [0.2, 0.25) is 0 Å². The molecule has 1 atom stereocenters. The van der Waals surface area contributed by atoms with Crippen LogP contribution in [0.2, 0.25) is 0 Å². The van der Waals surface area contributed by atoms with E-state index >= 15 is 0 Å². The topological polar surface area (TPSA) is 35.5 Å². The van der Waals surface area contributed by atoms with Gasteiger partial charge < -0.3 is 10.4 Å². The predicted molar refractivity (Wildman–Crippen MR) is 91.7 cm³/mol. The quantitative estimate of drug-likeness (QED) is 0.812. The van der Waals surface area contributed by atoms with Gasteiger partial charge in [-0.05, 0) is 63.0 Å². The molecule has 21 heavy (non-hydrogen) atoms. The zero-order valence-electron chi connectivity index (χ0n) is 13.1. The molecule has 0 amide bonds. The molecule has 2 N–H and O–H groups in total. The van der Waals surface area contributed by atoms with E-state index in [9.17, 15) is 5.11 Å². The highest BCUT2D eigenvalue weighted by atomic mass is 79.9. The molecule has 0 spiro atoms. The maximum absolute atomic E-state index is 10.2. The van der Waals surface area contributed by atoms with Crippen molar-refractivity contribution in [2.75, 3.05) is 26.2 Å². The number of nitrogens with zero attached hydrogens (tertiary/aromatic N) is 1. The minimum atomic E-state index is 0.294. The summed E-state index contributed by atoms with van der Waals surface area (Å²) in [6.45, 7) is 8.86. The fraction of sp³-hybridized carbons (Fsp3) is 0.647. The first-order chi connectivity index (χ1) is 10.2. The Bertz CT molecular complexity index is 446. The van der Waals surface area contributed by atoms with Crippen molar-refractivity contribution in [3.05, 3.63) is 28.2 Å². The SMILES string of the molecule is CCC(c1cc(Br)ccc1O)N(CC)CC1CCNCC1. The zero-order valence-corrected chi connectivity index (χ0v) is 14.7. The highest BCUT2D eigenvalue weighted by molar-refractivity contribution is 9.10.